The van der Waals surface area contributed by atoms with E-state index in [0.29, 0.717) is 18.0 Å². The normalized spacial score (nSPS) is 26.5. The summed E-state index contributed by atoms with van der Waals surface area (Å²) in [5.74, 6) is 0.389. The Morgan fingerprint density at radius 2 is 1.87 bits per heavy atom. The molecule has 1 aromatic carbocycles. The molecule has 3 heterocycles. The maximum absolute atomic E-state index is 13.1. The van der Waals surface area contributed by atoms with Crippen LogP contribution in [0.1, 0.15) is 52.5 Å². The van der Waals surface area contributed by atoms with Crippen LogP contribution in [0.4, 0.5) is 4.39 Å². The van der Waals surface area contributed by atoms with Crippen molar-refractivity contribution in [3.05, 3.63) is 51.7 Å². The number of rotatable bonds is 2. The summed E-state index contributed by atoms with van der Waals surface area (Å²) in [4.78, 5) is 20.0. The molecule has 2 aliphatic rings. The molecule has 1 unspecified atom stereocenters. The van der Waals surface area contributed by atoms with Crippen molar-refractivity contribution in [2.45, 2.75) is 50.6 Å². The molecule has 120 valence electrons. The molecule has 5 heteroatoms. The average molecular weight is 330 g/mol. The number of nitrogens with zero attached hydrogens (tertiary/aromatic N) is 2. The van der Waals surface area contributed by atoms with Gasteiger partial charge in [-0.25, -0.2) is 9.37 Å². The van der Waals surface area contributed by atoms with Gasteiger partial charge in [0, 0.05) is 12.1 Å². The van der Waals surface area contributed by atoms with E-state index in [1.54, 1.807) is 5.51 Å². The van der Waals surface area contributed by atoms with E-state index in [1.165, 1.54) is 29.0 Å². The van der Waals surface area contributed by atoms with Crippen molar-refractivity contribution in [1.29, 1.82) is 0 Å². The fourth-order valence-electron chi connectivity index (χ4n) is 4.14. The highest BCUT2D eigenvalue weighted by Gasteiger charge is 2.44. The molecule has 0 radical (unpaired) electrons. The van der Waals surface area contributed by atoms with E-state index in [-0.39, 0.29) is 11.7 Å². The van der Waals surface area contributed by atoms with E-state index in [2.05, 4.69) is 9.88 Å². The first kappa shape index (κ1) is 14.8. The molecule has 0 aliphatic carbocycles. The summed E-state index contributed by atoms with van der Waals surface area (Å²) >= 11 is 1.44. The number of carbonyl (C=O) groups is 1. The molecular weight excluding hydrogens is 311 g/mol. The number of thiazole rings is 1. The van der Waals surface area contributed by atoms with Gasteiger partial charge in [0.15, 0.2) is 0 Å². The lowest BCUT2D eigenvalue weighted by Gasteiger charge is -2.39. The highest BCUT2D eigenvalue weighted by atomic mass is 32.1. The first-order valence-electron chi connectivity index (χ1n) is 8.11. The van der Waals surface area contributed by atoms with Gasteiger partial charge in [0.1, 0.15) is 10.7 Å². The van der Waals surface area contributed by atoms with Crippen molar-refractivity contribution in [2.75, 3.05) is 0 Å². The van der Waals surface area contributed by atoms with Crippen molar-refractivity contribution in [3.8, 4) is 0 Å². The second-order valence-corrected chi connectivity index (χ2v) is 7.44. The Morgan fingerprint density at radius 1 is 1.22 bits per heavy atom. The predicted octanol–water partition coefficient (Wildman–Crippen LogP) is 4.14. The Kier molecular flexibility index (Phi) is 3.68. The van der Waals surface area contributed by atoms with Crippen LogP contribution >= 0.6 is 11.3 Å². The number of carbonyl (C=O) groups excluding carboxylic acids is 1. The van der Waals surface area contributed by atoms with Crippen LogP contribution in [0.2, 0.25) is 0 Å². The van der Waals surface area contributed by atoms with Crippen LogP contribution in [-0.2, 0) is 0 Å². The van der Waals surface area contributed by atoms with Crippen molar-refractivity contribution < 1.29 is 9.18 Å². The Hall–Kier alpha value is -1.75. The molecule has 2 saturated heterocycles. The van der Waals surface area contributed by atoms with Gasteiger partial charge in [-0.3, -0.25) is 4.79 Å². The summed E-state index contributed by atoms with van der Waals surface area (Å²) in [6.45, 7) is 1.90. The molecule has 0 N–H and O–H groups in total. The van der Waals surface area contributed by atoms with Crippen LogP contribution < -0.4 is 0 Å². The minimum Gasteiger partial charge on any atom is -0.332 e. The molecule has 2 bridgehead atoms. The van der Waals surface area contributed by atoms with Crippen LogP contribution in [0.15, 0.2) is 29.8 Å². The van der Waals surface area contributed by atoms with Gasteiger partial charge in [-0.2, -0.15) is 0 Å². The van der Waals surface area contributed by atoms with Crippen molar-refractivity contribution >= 4 is 17.2 Å². The zero-order valence-corrected chi connectivity index (χ0v) is 13.9. The standard InChI is InChI=1S/C18H19FN2OS/c1-11-17(23-10-20-11)18(22)21-15-6-7-16(21)9-13(8-15)12-2-4-14(19)5-3-12/h2-5,10,13,15-16H,6-9H2,1H3/t13?,15-,16+. The van der Waals surface area contributed by atoms with Crippen molar-refractivity contribution in [1.82, 2.24) is 9.88 Å². The van der Waals surface area contributed by atoms with E-state index in [4.69, 9.17) is 0 Å². The maximum atomic E-state index is 13.1. The van der Waals surface area contributed by atoms with Gasteiger partial charge < -0.3 is 4.90 Å². The molecule has 1 amide bonds. The molecule has 1 aromatic heterocycles. The third-order valence-corrected chi connectivity index (χ3v) is 6.17. The second-order valence-electron chi connectivity index (χ2n) is 6.58. The number of halogens is 1. The van der Waals surface area contributed by atoms with E-state index >= 15 is 0 Å². The summed E-state index contributed by atoms with van der Waals surface area (Å²) in [5, 5.41) is 0. The van der Waals surface area contributed by atoms with E-state index in [0.717, 1.165) is 36.3 Å². The van der Waals surface area contributed by atoms with Crippen LogP contribution in [0.25, 0.3) is 0 Å². The molecule has 0 spiro atoms. The van der Waals surface area contributed by atoms with Crippen LogP contribution in [-0.4, -0.2) is 27.9 Å². The monoisotopic (exact) mass is 330 g/mol. The molecular formula is C18H19FN2OS. The molecule has 3 atom stereocenters. The molecule has 2 aromatic rings. The van der Waals surface area contributed by atoms with E-state index in [1.807, 2.05) is 19.1 Å². The Morgan fingerprint density at radius 3 is 2.43 bits per heavy atom. The summed E-state index contributed by atoms with van der Waals surface area (Å²) in [7, 11) is 0. The zero-order valence-electron chi connectivity index (χ0n) is 13.0. The summed E-state index contributed by atoms with van der Waals surface area (Å²) in [6, 6.07) is 7.47. The summed E-state index contributed by atoms with van der Waals surface area (Å²) < 4.78 is 13.1. The Labute approximate surface area is 139 Å². The van der Waals surface area contributed by atoms with Gasteiger partial charge >= 0.3 is 0 Å². The number of aromatic nitrogens is 1. The number of amides is 1. The minimum absolute atomic E-state index is 0.148. The van der Waals surface area contributed by atoms with E-state index in [9.17, 15) is 9.18 Å². The third-order valence-electron chi connectivity index (χ3n) is 5.25. The smallest absolute Gasteiger partial charge is 0.266 e. The van der Waals surface area contributed by atoms with E-state index < -0.39 is 0 Å². The van der Waals surface area contributed by atoms with Gasteiger partial charge in [-0.1, -0.05) is 12.1 Å². The fourth-order valence-corrected chi connectivity index (χ4v) is 4.89. The van der Waals surface area contributed by atoms with Crippen LogP contribution in [0.3, 0.4) is 0 Å². The van der Waals surface area contributed by atoms with Crippen molar-refractivity contribution in [3.63, 3.8) is 0 Å². The zero-order chi connectivity index (χ0) is 16.0. The molecule has 2 aliphatic heterocycles. The van der Waals surface area contributed by atoms with Crippen LogP contribution in [0.5, 0.6) is 0 Å². The van der Waals surface area contributed by atoms with Gasteiger partial charge in [0.05, 0.1) is 11.2 Å². The lowest BCUT2D eigenvalue weighted by Crippen LogP contribution is -2.46. The lowest BCUT2D eigenvalue weighted by molar-refractivity contribution is 0.0575. The highest BCUT2D eigenvalue weighted by Crippen LogP contribution is 2.44. The number of fused-ring (bicyclic) bond motifs is 2. The van der Waals surface area contributed by atoms with Gasteiger partial charge in [-0.15, -0.1) is 11.3 Å². The average Bonchev–Trinajstić information content (AvgIpc) is 3.08. The molecule has 2 fully saturated rings. The third kappa shape index (κ3) is 2.57. The quantitative estimate of drug-likeness (QED) is 0.829. The Balaban J connectivity index is 1.55. The molecule has 23 heavy (non-hydrogen) atoms. The maximum Gasteiger partial charge on any atom is 0.266 e. The molecule has 0 saturated carbocycles. The molecule has 3 nitrogen and oxygen atoms in total. The summed E-state index contributed by atoms with van der Waals surface area (Å²) in [5.41, 5.74) is 3.78. The lowest BCUT2D eigenvalue weighted by atomic mass is 9.85. The SMILES string of the molecule is Cc1ncsc1C(=O)N1[C@@H]2CC[C@H]1CC(c1ccc(F)cc1)C2. The second kappa shape index (κ2) is 5.71. The number of benzene rings is 1. The fraction of sp³-hybridized carbons (Fsp3) is 0.444. The highest BCUT2D eigenvalue weighted by molar-refractivity contribution is 7.11. The topological polar surface area (TPSA) is 33.2 Å². The predicted molar refractivity (Wildman–Crippen MR) is 88.2 cm³/mol. The first-order valence-corrected chi connectivity index (χ1v) is 8.99. The number of hydrogen-bond acceptors (Lipinski definition) is 3. The minimum atomic E-state index is -0.190. The molecule has 4 rings (SSSR count). The number of aryl methyl sites for hydroxylation is 1. The van der Waals surface area contributed by atoms with Gasteiger partial charge in [0.25, 0.3) is 5.91 Å². The first-order chi connectivity index (χ1) is 11.1. The Bertz CT molecular complexity index is 713. The van der Waals surface area contributed by atoms with Crippen LogP contribution in [0, 0.1) is 12.7 Å². The van der Waals surface area contributed by atoms with Crippen molar-refractivity contribution in [2.24, 2.45) is 0 Å². The number of piperidine rings is 1. The largest absolute Gasteiger partial charge is 0.332 e. The number of hydrogen-bond donors (Lipinski definition) is 0. The van der Waals surface area contributed by atoms with Gasteiger partial charge in [0.2, 0.25) is 0 Å². The van der Waals surface area contributed by atoms with Gasteiger partial charge in [-0.05, 0) is 56.2 Å². The summed E-state index contributed by atoms with van der Waals surface area (Å²) in [6.07, 6.45) is 4.11.